The molecule has 5 heteroatoms. The number of para-hydroxylation sites is 1. The highest BCUT2D eigenvalue weighted by Gasteiger charge is 2.18. The molecule has 1 aromatic heterocycles. The highest BCUT2D eigenvalue weighted by molar-refractivity contribution is 5.92. The number of amides is 1. The standard InChI is InChI=1S/C20H19N3O2/c1-14(19-11-16-7-3-4-9-18(16)25-19)23(2)13-20(24)22-17-8-5-6-15(10-17)12-21/h3-11,14H,13H2,1-2H3,(H,22,24). The molecule has 0 aliphatic heterocycles. The lowest BCUT2D eigenvalue weighted by Gasteiger charge is -2.22. The van der Waals surface area contributed by atoms with Gasteiger partial charge in [0.25, 0.3) is 0 Å². The molecule has 0 aliphatic rings. The fraction of sp³-hybridized carbons (Fsp3) is 0.200. The summed E-state index contributed by atoms with van der Waals surface area (Å²) in [6, 6.07) is 18.7. The van der Waals surface area contributed by atoms with Gasteiger partial charge in [0.2, 0.25) is 5.91 Å². The number of likely N-dealkylation sites (N-methyl/N-ethyl adjacent to an activating group) is 1. The van der Waals surface area contributed by atoms with Crippen LogP contribution in [0.25, 0.3) is 11.0 Å². The Morgan fingerprint density at radius 1 is 1.24 bits per heavy atom. The molecular weight excluding hydrogens is 314 g/mol. The Morgan fingerprint density at radius 2 is 2.04 bits per heavy atom. The zero-order chi connectivity index (χ0) is 17.8. The molecule has 0 saturated carbocycles. The van der Waals surface area contributed by atoms with Gasteiger partial charge in [-0.05, 0) is 44.3 Å². The summed E-state index contributed by atoms with van der Waals surface area (Å²) in [6.45, 7) is 2.22. The number of anilines is 1. The minimum Gasteiger partial charge on any atom is -0.459 e. The molecular formula is C20H19N3O2. The Bertz CT molecular complexity index is 906. The summed E-state index contributed by atoms with van der Waals surface area (Å²) in [6.07, 6.45) is 0. The number of nitriles is 1. The summed E-state index contributed by atoms with van der Waals surface area (Å²) in [5.74, 6) is 0.684. The first-order valence-corrected chi connectivity index (χ1v) is 8.05. The van der Waals surface area contributed by atoms with Crippen LogP contribution < -0.4 is 5.32 Å². The van der Waals surface area contributed by atoms with Crippen molar-refractivity contribution in [2.24, 2.45) is 0 Å². The summed E-state index contributed by atoms with van der Waals surface area (Å²) in [5, 5.41) is 12.8. The number of hydrogen-bond acceptors (Lipinski definition) is 4. The molecule has 2 aromatic carbocycles. The smallest absolute Gasteiger partial charge is 0.238 e. The zero-order valence-corrected chi connectivity index (χ0v) is 14.2. The second-order valence-electron chi connectivity index (χ2n) is 6.02. The van der Waals surface area contributed by atoms with Gasteiger partial charge >= 0.3 is 0 Å². The topological polar surface area (TPSA) is 69.3 Å². The Balaban J connectivity index is 1.65. The highest BCUT2D eigenvalue weighted by atomic mass is 16.3. The molecule has 1 amide bonds. The maximum atomic E-state index is 12.3. The van der Waals surface area contributed by atoms with Crippen molar-refractivity contribution in [3.8, 4) is 6.07 Å². The SMILES string of the molecule is CC(c1cc2ccccc2o1)N(C)CC(=O)Nc1cccc(C#N)c1. The fourth-order valence-electron chi connectivity index (χ4n) is 2.66. The van der Waals surface area contributed by atoms with E-state index >= 15 is 0 Å². The Kier molecular flexibility index (Phi) is 4.82. The minimum absolute atomic E-state index is 0.0383. The molecule has 3 rings (SSSR count). The monoisotopic (exact) mass is 333 g/mol. The van der Waals surface area contributed by atoms with Gasteiger partial charge in [0.1, 0.15) is 11.3 Å². The Labute approximate surface area is 146 Å². The maximum absolute atomic E-state index is 12.3. The second kappa shape index (κ2) is 7.20. The van der Waals surface area contributed by atoms with Gasteiger partial charge in [-0.15, -0.1) is 0 Å². The number of furan rings is 1. The van der Waals surface area contributed by atoms with Crippen LogP contribution in [0, 0.1) is 11.3 Å². The van der Waals surface area contributed by atoms with Crippen molar-refractivity contribution in [1.29, 1.82) is 5.26 Å². The minimum atomic E-state index is -0.138. The molecule has 1 heterocycles. The lowest BCUT2D eigenvalue weighted by molar-refractivity contribution is -0.117. The zero-order valence-electron chi connectivity index (χ0n) is 14.2. The van der Waals surface area contributed by atoms with Crippen LogP contribution in [0.1, 0.15) is 24.3 Å². The first-order valence-electron chi connectivity index (χ1n) is 8.05. The average molecular weight is 333 g/mol. The van der Waals surface area contributed by atoms with Gasteiger partial charge in [-0.2, -0.15) is 5.26 Å². The van der Waals surface area contributed by atoms with Crippen LogP contribution in [-0.2, 0) is 4.79 Å². The summed E-state index contributed by atoms with van der Waals surface area (Å²) < 4.78 is 5.87. The van der Waals surface area contributed by atoms with Crippen molar-refractivity contribution in [2.75, 3.05) is 18.9 Å². The third kappa shape index (κ3) is 3.87. The van der Waals surface area contributed by atoms with Crippen molar-refractivity contribution < 1.29 is 9.21 Å². The third-order valence-corrected chi connectivity index (χ3v) is 4.19. The van der Waals surface area contributed by atoms with Crippen molar-refractivity contribution >= 4 is 22.6 Å². The van der Waals surface area contributed by atoms with Gasteiger partial charge in [-0.25, -0.2) is 0 Å². The molecule has 3 aromatic rings. The molecule has 0 aliphatic carbocycles. The third-order valence-electron chi connectivity index (χ3n) is 4.19. The van der Waals surface area contributed by atoms with Crippen molar-refractivity contribution in [3.05, 3.63) is 65.9 Å². The van der Waals surface area contributed by atoms with E-state index in [1.807, 2.05) is 49.2 Å². The number of fused-ring (bicyclic) bond motifs is 1. The van der Waals surface area contributed by atoms with Crippen molar-refractivity contribution in [2.45, 2.75) is 13.0 Å². The van der Waals surface area contributed by atoms with E-state index in [0.717, 1.165) is 16.7 Å². The number of nitrogens with one attached hydrogen (secondary N) is 1. The molecule has 126 valence electrons. The van der Waals surface area contributed by atoms with Crippen LogP contribution in [0.3, 0.4) is 0 Å². The van der Waals surface area contributed by atoms with E-state index in [2.05, 4.69) is 11.4 Å². The van der Waals surface area contributed by atoms with E-state index in [-0.39, 0.29) is 18.5 Å². The molecule has 0 radical (unpaired) electrons. The Hall–Kier alpha value is -3.10. The lowest BCUT2D eigenvalue weighted by atomic mass is 10.2. The molecule has 0 spiro atoms. The second-order valence-corrected chi connectivity index (χ2v) is 6.02. The molecule has 0 saturated heterocycles. The van der Waals surface area contributed by atoms with Gasteiger partial charge < -0.3 is 9.73 Å². The summed E-state index contributed by atoms with van der Waals surface area (Å²) in [4.78, 5) is 14.2. The van der Waals surface area contributed by atoms with Gasteiger partial charge in [0.15, 0.2) is 0 Å². The van der Waals surface area contributed by atoms with Gasteiger partial charge in [0.05, 0.1) is 24.2 Å². The van der Waals surface area contributed by atoms with Crippen LogP contribution in [0.2, 0.25) is 0 Å². The van der Waals surface area contributed by atoms with Crippen LogP contribution in [0.5, 0.6) is 0 Å². The number of carbonyl (C=O) groups excluding carboxylic acids is 1. The average Bonchev–Trinajstić information content (AvgIpc) is 3.05. The van der Waals surface area contributed by atoms with E-state index in [4.69, 9.17) is 9.68 Å². The number of hydrogen-bond donors (Lipinski definition) is 1. The summed E-state index contributed by atoms with van der Waals surface area (Å²) >= 11 is 0. The first kappa shape index (κ1) is 16.7. The number of carbonyl (C=O) groups is 1. The number of rotatable bonds is 5. The molecule has 1 N–H and O–H groups in total. The van der Waals surface area contributed by atoms with Crippen LogP contribution in [0.15, 0.2) is 59.0 Å². The van der Waals surface area contributed by atoms with Crippen LogP contribution in [0.4, 0.5) is 5.69 Å². The highest BCUT2D eigenvalue weighted by Crippen LogP contribution is 2.26. The number of nitrogens with zero attached hydrogens (tertiary/aromatic N) is 2. The number of benzene rings is 2. The van der Waals surface area contributed by atoms with Gasteiger partial charge in [0, 0.05) is 11.1 Å². The molecule has 0 bridgehead atoms. The van der Waals surface area contributed by atoms with Crippen molar-refractivity contribution in [3.63, 3.8) is 0 Å². The van der Waals surface area contributed by atoms with Crippen LogP contribution >= 0.6 is 0 Å². The predicted octanol–water partition coefficient (Wildman–Crippen LogP) is 3.94. The fourth-order valence-corrected chi connectivity index (χ4v) is 2.66. The van der Waals surface area contributed by atoms with E-state index in [9.17, 15) is 4.79 Å². The van der Waals surface area contributed by atoms with Crippen molar-refractivity contribution in [1.82, 2.24) is 4.90 Å². The molecule has 1 atom stereocenters. The maximum Gasteiger partial charge on any atom is 0.238 e. The van der Waals surface area contributed by atoms with Gasteiger partial charge in [-0.1, -0.05) is 24.3 Å². The summed E-state index contributed by atoms with van der Waals surface area (Å²) in [5.41, 5.74) is 1.98. The molecule has 5 nitrogen and oxygen atoms in total. The quantitative estimate of drug-likeness (QED) is 0.768. The molecule has 0 fully saturated rings. The van der Waals surface area contributed by atoms with Gasteiger partial charge in [-0.3, -0.25) is 9.69 Å². The van der Waals surface area contributed by atoms with E-state index in [1.54, 1.807) is 24.3 Å². The van der Waals surface area contributed by atoms with Crippen LogP contribution in [-0.4, -0.2) is 24.4 Å². The van der Waals surface area contributed by atoms with E-state index < -0.39 is 0 Å². The summed E-state index contributed by atoms with van der Waals surface area (Å²) in [7, 11) is 1.88. The largest absolute Gasteiger partial charge is 0.459 e. The van der Waals surface area contributed by atoms with E-state index in [1.165, 1.54) is 0 Å². The lowest BCUT2D eigenvalue weighted by Crippen LogP contribution is -2.32. The van der Waals surface area contributed by atoms with E-state index in [0.29, 0.717) is 11.3 Å². The first-order chi connectivity index (χ1) is 12.1. The molecule has 1 unspecified atom stereocenters. The normalized spacial score (nSPS) is 12.1. The molecule has 25 heavy (non-hydrogen) atoms. The predicted molar refractivity (Wildman–Crippen MR) is 97.0 cm³/mol. The Morgan fingerprint density at radius 3 is 2.80 bits per heavy atom.